The third-order valence-electron chi connectivity index (χ3n) is 4.69. The Morgan fingerprint density at radius 3 is 2.55 bits per heavy atom. The highest BCUT2D eigenvalue weighted by Gasteiger charge is 2.10. The van der Waals surface area contributed by atoms with E-state index in [-0.39, 0.29) is 0 Å². The van der Waals surface area contributed by atoms with Crippen molar-refractivity contribution in [2.24, 2.45) is 0 Å². The lowest BCUT2D eigenvalue weighted by atomic mass is 10.2. The molecule has 0 unspecified atom stereocenters. The van der Waals surface area contributed by atoms with Gasteiger partial charge < -0.3 is 20.3 Å². The van der Waals surface area contributed by atoms with Crippen LogP contribution >= 0.6 is 0 Å². The third kappa shape index (κ3) is 5.93. The van der Waals surface area contributed by atoms with Crippen LogP contribution in [0.4, 0.5) is 5.69 Å². The summed E-state index contributed by atoms with van der Waals surface area (Å²) >= 11 is 0. The second-order valence-electron chi connectivity index (χ2n) is 6.88. The molecule has 1 aliphatic rings. The molecule has 0 amide bonds. The van der Waals surface area contributed by atoms with Crippen molar-refractivity contribution in [2.75, 3.05) is 51.8 Å². The topological polar surface area (TPSA) is 85.8 Å². The van der Waals surface area contributed by atoms with Crippen LogP contribution in [0, 0.1) is 0 Å². The number of aromatic nitrogens is 2. The molecular formula is C22H30N4O3. The van der Waals surface area contributed by atoms with Crippen molar-refractivity contribution in [1.82, 2.24) is 14.5 Å². The van der Waals surface area contributed by atoms with E-state index in [0.29, 0.717) is 13.2 Å². The van der Waals surface area contributed by atoms with Crippen LogP contribution in [0.25, 0.3) is 16.7 Å². The van der Waals surface area contributed by atoms with Crippen molar-refractivity contribution in [2.45, 2.75) is 13.3 Å². The van der Waals surface area contributed by atoms with Gasteiger partial charge in [0.1, 0.15) is 18.7 Å². The molecule has 0 saturated carbocycles. The van der Waals surface area contributed by atoms with Gasteiger partial charge in [0.15, 0.2) is 0 Å². The molecular weight excluding hydrogens is 368 g/mol. The molecule has 7 nitrogen and oxygen atoms in total. The summed E-state index contributed by atoms with van der Waals surface area (Å²) in [5.74, 6) is 0.850. The minimum absolute atomic E-state index is 0.319. The normalized spacial score (nSPS) is 14.4. The molecule has 0 spiro atoms. The number of hydrogen-bond donors (Lipinski definition) is 2. The summed E-state index contributed by atoms with van der Waals surface area (Å²) < 4.78 is 13.3. The van der Waals surface area contributed by atoms with E-state index in [4.69, 9.17) is 20.3 Å². The standard InChI is InChI=1S/C19H22N4O2.C3H8O/c20-15-1-3-16(4-2-15)23-14-21-18-13-17(5-6-19(18)23)25-12-9-22-7-10-24-11-8-22;1-2-3-4/h1-6,13-14H,7-12,20H2;4H,2-3H2,1H3. The highest BCUT2D eigenvalue weighted by atomic mass is 16.5. The van der Waals surface area contributed by atoms with Crippen LogP contribution in [-0.4, -0.2) is 65.6 Å². The number of rotatable bonds is 6. The predicted octanol–water partition coefficient (Wildman–Crippen LogP) is 2.71. The Morgan fingerprint density at radius 1 is 1.14 bits per heavy atom. The molecule has 0 radical (unpaired) electrons. The first-order valence-corrected chi connectivity index (χ1v) is 10.1. The lowest BCUT2D eigenvalue weighted by Crippen LogP contribution is -2.38. The maximum atomic E-state index is 7.88. The van der Waals surface area contributed by atoms with Gasteiger partial charge in [0.2, 0.25) is 0 Å². The predicted molar refractivity (Wildman–Crippen MR) is 116 cm³/mol. The van der Waals surface area contributed by atoms with Gasteiger partial charge in [-0.15, -0.1) is 0 Å². The smallest absolute Gasteiger partial charge is 0.121 e. The van der Waals surface area contributed by atoms with Crippen molar-refractivity contribution >= 4 is 16.7 Å². The number of aliphatic hydroxyl groups is 1. The largest absolute Gasteiger partial charge is 0.492 e. The molecule has 1 aromatic heterocycles. The molecule has 29 heavy (non-hydrogen) atoms. The molecule has 0 bridgehead atoms. The fraction of sp³-hybridized carbons (Fsp3) is 0.409. The van der Waals surface area contributed by atoms with E-state index in [0.717, 1.165) is 67.4 Å². The van der Waals surface area contributed by atoms with Gasteiger partial charge in [0.25, 0.3) is 0 Å². The summed E-state index contributed by atoms with van der Waals surface area (Å²) in [5.41, 5.74) is 9.52. The molecule has 3 N–H and O–H groups in total. The fourth-order valence-electron chi connectivity index (χ4n) is 3.04. The van der Waals surface area contributed by atoms with Crippen molar-refractivity contribution in [3.8, 4) is 11.4 Å². The molecule has 0 aliphatic carbocycles. The number of nitrogens with zero attached hydrogens (tertiary/aromatic N) is 3. The van der Waals surface area contributed by atoms with Gasteiger partial charge in [-0.2, -0.15) is 0 Å². The number of aliphatic hydroxyl groups excluding tert-OH is 1. The molecule has 1 saturated heterocycles. The molecule has 1 fully saturated rings. The Hall–Kier alpha value is -2.61. The number of ether oxygens (including phenoxy) is 2. The van der Waals surface area contributed by atoms with Crippen LogP contribution in [0.15, 0.2) is 48.8 Å². The van der Waals surface area contributed by atoms with Gasteiger partial charge in [-0.3, -0.25) is 9.47 Å². The Kier molecular flexibility index (Phi) is 7.86. The molecule has 4 rings (SSSR count). The van der Waals surface area contributed by atoms with Crippen LogP contribution in [0.2, 0.25) is 0 Å². The summed E-state index contributed by atoms with van der Waals surface area (Å²) in [6.45, 7) is 7.43. The Morgan fingerprint density at radius 2 is 1.86 bits per heavy atom. The number of anilines is 1. The van der Waals surface area contributed by atoms with Crippen LogP contribution < -0.4 is 10.5 Å². The quantitative estimate of drug-likeness (QED) is 0.621. The Labute approximate surface area is 171 Å². The fourth-order valence-corrected chi connectivity index (χ4v) is 3.04. The first kappa shape index (κ1) is 21.1. The minimum Gasteiger partial charge on any atom is -0.492 e. The second-order valence-corrected chi connectivity index (χ2v) is 6.88. The van der Waals surface area contributed by atoms with E-state index in [9.17, 15) is 0 Å². The lowest BCUT2D eigenvalue weighted by Gasteiger charge is -2.26. The van der Waals surface area contributed by atoms with Gasteiger partial charge in [-0.05, 0) is 42.8 Å². The van der Waals surface area contributed by atoms with Gasteiger partial charge in [0, 0.05) is 43.7 Å². The number of nitrogens with two attached hydrogens (primary N) is 1. The maximum Gasteiger partial charge on any atom is 0.121 e. The zero-order valence-corrected chi connectivity index (χ0v) is 17.0. The van der Waals surface area contributed by atoms with E-state index in [1.165, 1.54) is 0 Å². The van der Waals surface area contributed by atoms with Crippen molar-refractivity contribution in [1.29, 1.82) is 0 Å². The van der Waals surface area contributed by atoms with E-state index in [2.05, 4.69) is 9.88 Å². The summed E-state index contributed by atoms with van der Waals surface area (Å²) in [6, 6.07) is 13.8. The zero-order valence-electron chi connectivity index (χ0n) is 17.0. The molecule has 0 atom stereocenters. The SMILES string of the molecule is CCCO.Nc1ccc(-n2cnc3cc(OCCN4CCOCC4)ccc32)cc1. The summed E-state index contributed by atoms with van der Waals surface area (Å²) in [6.07, 6.45) is 2.70. The first-order valence-electron chi connectivity index (χ1n) is 10.1. The number of benzene rings is 2. The molecule has 2 aromatic carbocycles. The summed E-state index contributed by atoms with van der Waals surface area (Å²) in [5, 5.41) is 7.88. The number of imidazole rings is 1. The first-order chi connectivity index (χ1) is 14.2. The minimum atomic E-state index is 0.319. The van der Waals surface area contributed by atoms with Gasteiger partial charge in [-0.1, -0.05) is 6.92 Å². The second kappa shape index (κ2) is 10.8. The van der Waals surface area contributed by atoms with Crippen molar-refractivity contribution < 1.29 is 14.6 Å². The lowest BCUT2D eigenvalue weighted by molar-refractivity contribution is 0.0322. The molecule has 2 heterocycles. The Balaban J connectivity index is 0.000000552. The summed E-state index contributed by atoms with van der Waals surface area (Å²) in [4.78, 5) is 6.86. The number of nitrogen functional groups attached to an aromatic ring is 1. The monoisotopic (exact) mass is 398 g/mol. The van der Waals surface area contributed by atoms with Crippen LogP contribution in [0.5, 0.6) is 5.75 Å². The molecule has 7 heteroatoms. The van der Waals surface area contributed by atoms with Gasteiger partial charge >= 0.3 is 0 Å². The molecule has 1 aliphatic heterocycles. The van der Waals surface area contributed by atoms with E-state index in [1.54, 1.807) is 0 Å². The van der Waals surface area contributed by atoms with Crippen LogP contribution in [0.1, 0.15) is 13.3 Å². The molecule has 156 valence electrons. The average molecular weight is 399 g/mol. The van der Waals surface area contributed by atoms with E-state index >= 15 is 0 Å². The van der Waals surface area contributed by atoms with Gasteiger partial charge in [0.05, 0.1) is 24.2 Å². The Bertz CT molecular complexity index is 871. The van der Waals surface area contributed by atoms with Crippen molar-refractivity contribution in [3.05, 3.63) is 48.8 Å². The maximum absolute atomic E-state index is 7.88. The average Bonchev–Trinajstić information content (AvgIpc) is 3.18. The van der Waals surface area contributed by atoms with E-state index in [1.807, 2.05) is 60.3 Å². The highest BCUT2D eigenvalue weighted by Crippen LogP contribution is 2.23. The third-order valence-corrected chi connectivity index (χ3v) is 4.69. The summed E-state index contributed by atoms with van der Waals surface area (Å²) in [7, 11) is 0. The number of morpholine rings is 1. The molecule has 3 aromatic rings. The van der Waals surface area contributed by atoms with Gasteiger partial charge in [-0.25, -0.2) is 4.98 Å². The number of hydrogen-bond acceptors (Lipinski definition) is 6. The number of fused-ring (bicyclic) bond motifs is 1. The van der Waals surface area contributed by atoms with Crippen LogP contribution in [-0.2, 0) is 4.74 Å². The highest BCUT2D eigenvalue weighted by molar-refractivity contribution is 5.79. The van der Waals surface area contributed by atoms with Crippen molar-refractivity contribution in [3.63, 3.8) is 0 Å². The van der Waals surface area contributed by atoms with Crippen LogP contribution in [0.3, 0.4) is 0 Å². The van der Waals surface area contributed by atoms with E-state index < -0.39 is 0 Å². The zero-order chi connectivity index (χ0) is 20.5.